The fourth-order valence-corrected chi connectivity index (χ4v) is 4.60. The molecule has 0 aliphatic carbocycles. The van der Waals surface area contributed by atoms with Gasteiger partial charge in [-0.3, -0.25) is 0 Å². The molecule has 2 aliphatic rings. The first-order chi connectivity index (χ1) is 13.5. The lowest BCUT2D eigenvalue weighted by Gasteiger charge is -2.22. The van der Waals surface area contributed by atoms with Gasteiger partial charge in [-0.1, -0.05) is 25.7 Å². The Balaban J connectivity index is 1.54. The maximum absolute atomic E-state index is 13.4. The van der Waals surface area contributed by atoms with Gasteiger partial charge in [0.15, 0.2) is 6.10 Å². The van der Waals surface area contributed by atoms with E-state index in [1.165, 1.54) is 36.7 Å². The van der Waals surface area contributed by atoms with Crippen LogP contribution in [0.5, 0.6) is 5.88 Å². The lowest BCUT2D eigenvalue weighted by atomic mass is 9.89. The summed E-state index contributed by atoms with van der Waals surface area (Å²) in [5, 5.41) is 0. The van der Waals surface area contributed by atoms with E-state index in [4.69, 9.17) is 4.74 Å². The fourth-order valence-electron chi connectivity index (χ4n) is 4.05. The molecule has 1 aromatic heterocycles. The number of halogens is 2. The Morgan fingerprint density at radius 3 is 2.68 bits per heavy atom. The van der Waals surface area contributed by atoms with Crippen molar-refractivity contribution < 1.29 is 13.5 Å². The minimum Gasteiger partial charge on any atom is -0.459 e. The first kappa shape index (κ1) is 19.3. The first-order valence-corrected chi connectivity index (χ1v) is 10.4. The van der Waals surface area contributed by atoms with Crippen LogP contribution < -0.4 is 4.74 Å². The van der Waals surface area contributed by atoms with E-state index < -0.39 is 17.7 Å². The van der Waals surface area contributed by atoms with Gasteiger partial charge in [-0.05, 0) is 37.4 Å². The molecule has 2 bridgehead atoms. The van der Waals surface area contributed by atoms with Gasteiger partial charge in [-0.15, -0.1) is 4.37 Å². The van der Waals surface area contributed by atoms with Gasteiger partial charge in [0.1, 0.15) is 17.3 Å². The molecule has 28 heavy (non-hydrogen) atoms. The largest absolute Gasteiger partial charge is 0.459 e. The minimum atomic E-state index is -0.639. The second-order valence-electron chi connectivity index (χ2n) is 7.93. The highest BCUT2D eigenvalue weighted by Crippen LogP contribution is 2.41. The van der Waals surface area contributed by atoms with Crippen LogP contribution in [0.2, 0.25) is 0 Å². The van der Waals surface area contributed by atoms with E-state index in [0.29, 0.717) is 23.3 Å². The quantitative estimate of drug-likeness (QED) is 0.721. The lowest BCUT2D eigenvalue weighted by Crippen LogP contribution is -2.25. The third-order valence-electron chi connectivity index (χ3n) is 5.46. The molecule has 0 radical (unpaired) electrons. The summed E-state index contributed by atoms with van der Waals surface area (Å²) in [6.45, 7) is 7.29. The Hall–Kier alpha value is -2.04. The van der Waals surface area contributed by atoms with Gasteiger partial charge in [-0.25, -0.2) is 8.78 Å². The number of piperidine rings is 1. The van der Waals surface area contributed by atoms with Crippen molar-refractivity contribution in [3.63, 3.8) is 0 Å². The smallest absolute Gasteiger partial charge is 0.250 e. The molecule has 0 spiro atoms. The second-order valence-corrected chi connectivity index (χ2v) is 8.46. The van der Waals surface area contributed by atoms with E-state index in [2.05, 4.69) is 25.5 Å². The monoisotopic (exact) mass is 403 g/mol. The summed E-state index contributed by atoms with van der Waals surface area (Å²) in [6.07, 6.45) is 2.02. The van der Waals surface area contributed by atoms with Crippen molar-refractivity contribution in [2.24, 2.45) is 11.8 Å². The molecular formula is C21H23F2N3OS. The number of fused-ring (bicyclic) bond motifs is 2. The number of rotatable bonds is 4. The molecule has 148 valence electrons. The minimum absolute atomic E-state index is 0.0898. The Labute approximate surface area is 168 Å². The molecule has 0 saturated carbocycles. The number of nitrogens with zero attached hydrogens (tertiary/aromatic N) is 3. The molecule has 2 aromatic rings. The Morgan fingerprint density at radius 1 is 1.18 bits per heavy atom. The normalized spacial score (nSPS) is 24.7. The zero-order chi connectivity index (χ0) is 19.7. The van der Waals surface area contributed by atoms with Crippen molar-refractivity contribution in [3.8, 4) is 17.7 Å². The predicted molar refractivity (Wildman–Crippen MR) is 104 cm³/mol. The van der Waals surface area contributed by atoms with E-state index >= 15 is 0 Å². The zero-order valence-electron chi connectivity index (χ0n) is 16.0. The summed E-state index contributed by atoms with van der Waals surface area (Å²) < 4.78 is 41.9. The zero-order valence-corrected chi connectivity index (χ0v) is 16.8. The van der Waals surface area contributed by atoms with Crippen LogP contribution >= 0.6 is 11.7 Å². The molecule has 3 heterocycles. The second kappa shape index (κ2) is 8.14. The number of ether oxygens (including phenoxy) is 1. The van der Waals surface area contributed by atoms with Crippen molar-refractivity contribution in [1.29, 1.82) is 0 Å². The molecule has 4 nitrogen and oxygen atoms in total. The van der Waals surface area contributed by atoms with Gasteiger partial charge in [0.25, 0.3) is 5.88 Å². The van der Waals surface area contributed by atoms with Crippen LogP contribution in [-0.4, -0.2) is 39.4 Å². The fraction of sp³-hybridized carbons (Fsp3) is 0.524. The van der Waals surface area contributed by atoms with Crippen molar-refractivity contribution >= 4 is 11.7 Å². The third kappa shape index (κ3) is 4.18. The molecule has 7 heteroatoms. The first-order valence-electron chi connectivity index (χ1n) is 9.68. The van der Waals surface area contributed by atoms with Crippen LogP contribution in [0, 0.1) is 35.3 Å². The van der Waals surface area contributed by atoms with Crippen LogP contribution in [0.3, 0.4) is 0 Å². The maximum Gasteiger partial charge on any atom is 0.250 e. The van der Waals surface area contributed by atoms with E-state index in [1.807, 2.05) is 13.8 Å². The molecule has 1 aromatic carbocycles. The Bertz CT molecular complexity index is 884. The van der Waals surface area contributed by atoms with Crippen molar-refractivity contribution in [3.05, 3.63) is 41.1 Å². The summed E-state index contributed by atoms with van der Waals surface area (Å²) in [5.41, 5.74) is 1.23. The number of benzene rings is 1. The maximum atomic E-state index is 13.4. The molecule has 2 aliphatic heterocycles. The highest BCUT2D eigenvalue weighted by molar-refractivity contribution is 6.99. The highest BCUT2D eigenvalue weighted by Gasteiger charge is 2.39. The van der Waals surface area contributed by atoms with E-state index in [0.717, 1.165) is 31.4 Å². The summed E-state index contributed by atoms with van der Waals surface area (Å²) in [6, 6.07) is 3.27. The van der Waals surface area contributed by atoms with Crippen LogP contribution in [0.15, 0.2) is 18.2 Å². The molecule has 4 rings (SSSR count). The Morgan fingerprint density at radius 2 is 1.96 bits per heavy atom. The molecule has 2 unspecified atom stereocenters. The van der Waals surface area contributed by atoms with Gasteiger partial charge in [0.05, 0.1) is 11.7 Å². The van der Waals surface area contributed by atoms with E-state index in [-0.39, 0.29) is 5.92 Å². The van der Waals surface area contributed by atoms with Crippen molar-refractivity contribution in [2.75, 3.05) is 19.6 Å². The van der Waals surface area contributed by atoms with Crippen LogP contribution in [0.1, 0.15) is 43.9 Å². The summed E-state index contributed by atoms with van der Waals surface area (Å²) in [5.74, 6) is 6.19. The SMILES string of the molecule is CC(C)C(C#Cc1cc(F)cc(F)c1)Oc1nsnc1[C@H]1CN2CCC[C@H]1C2. The molecule has 2 saturated heterocycles. The number of hydrogen-bond acceptors (Lipinski definition) is 5. The van der Waals surface area contributed by atoms with E-state index in [1.54, 1.807) is 0 Å². The molecule has 2 fully saturated rings. The average molecular weight is 403 g/mol. The van der Waals surface area contributed by atoms with Gasteiger partial charge in [0.2, 0.25) is 0 Å². The Kier molecular flexibility index (Phi) is 5.61. The topological polar surface area (TPSA) is 38.3 Å². The van der Waals surface area contributed by atoms with Gasteiger partial charge >= 0.3 is 0 Å². The van der Waals surface area contributed by atoms with Crippen LogP contribution in [0.25, 0.3) is 0 Å². The van der Waals surface area contributed by atoms with Crippen LogP contribution in [-0.2, 0) is 0 Å². The summed E-state index contributed by atoms with van der Waals surface area (Å²) >= 11 is 1.17. The van der Waals surface area contributed by atoms with E-state index in [9.17, 15) is 8.78 Å². The average Bonchev–Trinajstić information content (AvgIpc) is 3.21. The predicted octanol–water partition coefficient (Wildman–Crippen LogP) is 4.08. The van der Waals surface area contributed by atoms with Crippen molar-refractivity contribution in [2.45, 2.75) is 38.7 Å². The third-order valence-corrected chi connectivity index (χ3v) is 5.99. The lowest BCUT2D eigenvalue weighted by molar-refractivity contribution is 0.196. The highest BCUT2D eigenvalue weighted by atomic mass is 32.1. The summed E-state index contributed by atoms with van der Waals surface area (Å²) in [7, 11) is 0. The van der Waals surface area contributed by atoms with Crippen LogP contribution in [0.4, 0.5) is 8.78 Å². The number of hydrogen-bond donors (Lipinski definition) is 0. The molecule has 4 atom stereocenters. The molecular weight excluding hydrogens is 380 g/mol. The van der Waals surface area contributed by atoms with Gasteiger partial charge in [-0.2, -0.15) is 4.37 Å². The summed E-state index contributed by atoms with van der Waals surface area (Å²) in [4.78, 5) is 2.49. The molecule has 0 amide bonds. The standard InChI is InChI=1S/C21H23F2N3OS/c1-13(2)19(6-5-14-8-16(22)10-17(23)9-14)27-21-20(24-28-25-21)18-12-26-7-3-4-15(18)11-26/h8-10,13,15,18-19H,3-4,7,11-12H2,1-2H3/t15-,18-,19?/m0/s1. The van der Waals surface area contributed by atoms with Gasteiger partial charge in [0, 0.05) is 36.6 Å². The van der Waals surface area contributed by atoms with Gasteiger partial charge < -0.3 is 9.64 Å². The van der Waals surface area contributed by atoms with Crippen molar-refractivity contribution in [1.82, 2.24) is 13.6 Å². The molecule has 0 N–H and O–H groups in total. The number of aromatic nitrogens is 2.